The van der Waals surface area contributed by atoms with Gasteiger partial charge in [-0.1, -0.05) is 6.42 Å². The zero-order valence-electron chi connectivity index (χ0n) is 8.45. The fraction of sp³-hybridized carbons (Fsp3) is 1.00. The number of likely N-dealkylation sites (tertiary alicyclic amines) is 1. The molecule has 0 aliphatic carbocycles. The lowest BCUT2D eigenvalue weighted by molar-refractivity contribution is 0.0308. The van der Waals surface area contributed by atoms with Crippen LogP contribution in [0.2, 0.25) is 0 Å². The van der Waals surface area contributed by atoms with E-state index in [0.29, 0.717) is 12.1 Å². The molecule has 0 radical (unpaired) electrons. The number of hydrogen-bond donors (Lipinski definition) is 1. The standard InChI is InChI=1S/C10H21NO/c1-8-6-4-5-7-11(8)9(2)10(3)12/h8-10,12H,4-7H2,1-3H3. The molecule has 1 fully saturated rings. The Morgan fingerprint density at radius 3 is 2.50 bits per heavy atom. The Balaban J connectivity index is 2.47. The molecule has 0 aromatic carbocycles. The van der Waals surface area contributed by atoms with Crippen LogP contribution in [0.4, 0.5) is 0 Å². The molecular weight excluding hydrogens is 150 g/mol. The molecule has 1 N–H and O–H groups in total. The fourth-order valence-electron chi connectivity index (χ4n) is 2.00. The average Bonchev–Trinajstić information content (AvgIpc) is 2.04. The zero-order valence-corrected chi connectivity index (χ0v) is 8.45. The van der Waals surface area contributed by atoms with Gasteiger partial charge in [-0.05, 0) is 40.2 Å². The first-order chi connectivity index (χ1) is 5.63. The van der Waals surface area contributed by atoms with E-state index in [-0.39, 0.29) is 6.10 Å². The van der Waals surface area contributed by atoms with Crippen LogP contribution in [-0.4, -0.2) is 34.7 Å². The van der Waals surface area contributed by atoms with Crippen molar-refractivity contribution in [1.29, 1.82) is 0 Å². The van der Waals surface area contributed by atoms with Crippen LogP contribution in [0.1, 0.15) is 40.0 Å². The topological polar surface area (TPSA) is 23.5 Å². The number of piperidine rings is 1. The van der Waals surface area contributed by atoms with Crippen LogP contribution in [0.3, 0.4) is 0 Å². The van der Waals surface area contributed by atoms with Gasteiger partial charge >= 0.3 is 0 Å². The van der Waals surface area contributed by atoms with E-state index in [0.717, 1.165) is 6.54 Å². The number of aliphatic hydroxyl groups is 1. The third-order valence-corrected chi connectivity index (χ3v) is 3.08. The maximum atomic E-state index is 9.45. The second kappa shape index (κ2) is 4.24. The highest BCUT2D eigenvalue weighted by Gasteiger charge is 2.25. The molecule has 1 rings (SSSR count). The van der Waals surface area contributed by atoms with E-state index < -0.39 is 0 Å². The molecule has 2 heteroatoms. The van der Waals surface area contributed by atoms with Gasteiger partial charge in [0.05, 0.1) is 6.10 Å². The van der Waals surface area contributed by atoms with Crippen molar-refractivity contribution in [2.24, 2.45) is 0 Å². The maximum absolute atomic E-state index is 9.45. The van der Waals surface area contributed by atoms with E-state index in [9.17, 15) is 5.11 Å². The minimum absolute atomic E-state index is 0.203. The van der Waals surface area contributed by atoms with E-state index in [4.69, 9.17) is 0 Å². The van der Waals surface area contributed by atoms with Crippen molar-refractivity contribution in [3.05, 3.63) is 0 Å². The highest BCUT2D eigenvalue weighted by Crippen LogP contribution is 2.20. The summed E-state index contributed by atoms with van der Waals surface area (Å²) < 4.78 is 0. The minimum Gasteiger partial charge on any atom is -0.392 e. The number of aliphatic hydroxyl groups excluding tert-OH is 1. The van der Waals surface area contributed by atoms with Crippen LogP contribution >= 0.6 is 0 Å². The Kier molecular flexibility index (Phi) is 3.53. The van der Waals surface area contributed by atoms with Crippen LogP contribution in [0.25, 0.3) is 0 Å². The molecule has 0 spiro atoms. The normalized spacial score (nSPS) is 31.5. The molecule has 2 nitrogen and oxygen atoms in total. The smallest absolute Gasteiger partial charge is 0.0664 e. The first kappa shape index (κ1) is 10.0. The summed E-state index contributed by atoms with van der Waals surface area (Å²) in [6, 6.07) is 0.976. The van der Waals surface area contributed by atoms with Gasteiger partial charge in [0.25, 0.3) is 0 Å². The van der Waals surface area contributed by atoms with Gasteiger partial charge < -0.3 is 5.11 Å². The van der Waals surface area contributed by atoms with E-state index in [1.165, 1.54) is 19.3 Å². The molecular formula is C10H21NO. The van der Waals surface area contributed by atoms with Crippen LogP contribution in [0, 0.1) is 0 Å². The fourth-order valence-corrected chi connectivity index (χ4v) is 2.00. The Bertz CT molecular complexity index is 136. The Labute approximate surface area is 75.6 Å². The molecule has 3 unspecified atom stereocenters. The number of nitrogens with zero attached hydrogens (tertiary/aromatic N) is 1. The van der Waals surface area contributed by atoms with Gasteiger partial charge in [-0.3, -0.25) is 4.90 Å². The molecule has 12 heavy (non-hydrogen) atoms. The van der Waals surface area contributed by atoms with Crippen LogP contribution < -0.4 is 0 Å². The molecule has 0 bridgehead atoms. The summed E-state index contributed by atoms with van der Waals surface area (Å²) in [7, 11) is 0. The Morgan fingerprint density at radius 1 is 1.33 bits per heavy atom. The minimum atomic E-state index is -0.203. The predicted molar refractivity (Wildman–Crippen MR) is 51.2 cm³/mol. The van der Waals surface area contributed by atoms with Gasteiger partial charge in [-0.15, -0.1) is 0 Å². The lowest BCUT2D eigenvalue weighted by atomic mass is 10.00. The van der Waals surface area contributed by atoms with Gasteiger partial charge in [0, 0.05) is 12.1 Å². The molecule has 0 aromatic heterocycles. The first-order valence-electron chi connectivity index (χ1n) is 5.06. The number of rotatable bonds is 2. The average molecular weight is 171 g/mol. The predicted octanol–water partition coefficient (Wildman–Crippen LogP) is 1.63. The highest BCUT2D eigenvalue weighted by molar-refractivity contribution is 4.80. The van der Waals surface area contributed by atoms with Crippen molar-refractivity contribution in [3.63, 3.8) is 0 Å². The summed E-state index contributed by atoms with van der Waals surface area (Å²) >= 11 is 0. The lowest BCUT2D eigenvalue weighted by Gasteiger charge is -2.39. The van der Waals surface area contributed by atoms with E-state index in [1.807, 2.05) is 6.92 Å². The summed E-state index contributed by atoms with van der Waals surface area (Å²) in [5, 5.41) is 9.45. The van der Waals surface area contributed by atoms with Gasteiger partial charge in [-0.25, -0.2) is 0 Å². The lowest BCUT2D eigenvalue weighted by Crippen LogP contribution is -2.47. The quantitative estimate of drug-likeness (QED) is 0.682. The highest BCUT2D eigenvalue weighted by atomic mass is 16.3. The largest absolute Gasteiger partial charge is 0.392 e. The SMILES string of the molecule is CC(O)C(C)N1CCCCC1C. The van der Waals surface area contributed by atoms with Crippen LogP contribution in [-0.2, 0) is 0 Å². The molecule has 1 aliphatic heterocycles. The molecule has 1 saturated heterocycles. The molecule has 1 aliphatic rings. The van der Waals surface area contributed by atoms with E-state index >= 15 is 0 Å². The van der Waals surface area contributed by atoms with E-state index in [1.54, 1.807) is 0 Å². The molecule has 72 valence electrons. The van der Waals surface area contributed by atoms with Crippen molar-refractivity contribution in [2.75, 3.05) is 6.54 Å². The second-order valence-electron chi connectivity index (χ2n) is 4.06. The van der Waals surface area contributed by atoms with Gasteiger partial charge in [0.1, 0.15) is 0 Å². The van der Waals surface area contributed by atoms with Gasteiger partial charge in [0.15, 0.2) is 0 Å². The van der Waals surface area contributed by atoms with Crippen molar-refractivity contribution in [2.45, 2.75) is 58.2 Å². The van der Waals surface area contributed by atoms with Gasteiger partial charge in [0.2, 0.25) is 0 Å². The maximum Gasteiger partial charge on any atom is 0.0664 e. The van der Waals surface area contributed by atoms with Crippen molar-refractivity contribution in [1.82, 2.24) is 4.90 Å². The second-order valence-corrected chi connectivity index (χ2v) is 4.06. The molecule has 0 amide bonds. The van der Waals surface area contributed by atoms with Crippen molar-refractivity contribution in [3.8, 4) is 0 Å². The van der Waals surface area contributed by atoms with E-state index in [2.05, 4.69) is 18.7 Å². The van der Waals surface area contributed by atoms with Crippen LogP contribution in [0.15, 0.2) is 0 Å². The van der Waals surface area contributed by atoms with Gasteiger partial charge in [-0.2, -0.15) is 0 Å². The van der Waals surface area contributed by atoms with Crippen molar-refractivity contribution >= 4 is 0 Å². The summed E-state index contributed by atoms with van der Waals surface area (Å²) in [5.74, 6) is 0. The summed E-state index contributed by atoms with van der Waals surface area (Å²) in [4.78, 5) is 2.42. The molecule has 0 saturated carbocycles. The summed E-state index contributed by atoms with van der Waals surface area (Å²) in [6.07, 6.45) is 3.73. The van der Waals surface area contributed by atoms with Crippen molar-refractivity contribution < 1.29 is 5.11 Å². The summed E-state index contributed by atoms with van der Waals surface area (Å²) in [6.45, 7) is 7.42. The number of hydrogen-bond acceptors (Lipinski definition) is 2. The monoisotopic (exact) mass is 171 g/mol. The summed E-state index contributed by atoms with van der Waals surface area (Å²) in [5.41, 5.74) is 0. The molecule has 3 atom stereocenters. The third kappa shape index (κ3) is 2.20. The zero-order chi connectivity index (χ0) is 9.14. The Morgan fingerprint density at radius 2 is 2.00 bits per heavy atom. The first-order valence-corrected chi connectivity index (χ1v) is 5.06. The Hall–Kier alpha value is -0.0800. The van der Waals surface area contributed by atoms with Crippen LogP contribution in [0.5, 0.6) is 0 Å². The molecule has 0 aromatic rings. The third-order valence-electron chi connectivity index (χ3n) is 3.08. The molecule has 1 heterocycles.